The Morgan fingerprint density at radius 2 is 2.16 bits per heavy atom. The van der Waals surface area contributed by atoms with Gasteiger partial charge in [-0.15, -0.1) is 0 Å². The maximum Gasteiger partial charge on any atom is 0.276 e. The first-order valence-electron chi connectivity index (χ1n) is 8.43. The largest absolute Gasteiger partial charge is 0.380 e. The predicted octanol–water partition coefficient (Wildman–Crippen LogP) is 2.35. The summed E-state index contributed by atoms with van der Waals surface area (Å²) >= 11 is 0. The Hall–Kier alpha value is -2.25. The molecule has 0 spiro atoms. The normalized spacial score (nSPS) is 15.5. The highest BCUT2D eigenvalue weighted by molar-refractivity contribution is 5.93. The highest BCUT2D eigenvalue weighted by atomic mass is 16.5. The van der Waals surface area contributed by atoms with Crippen molar-refractivity contribution >= 4 is 5.91 Å². The standard InChI is InChI=1S/C18H23N3O4/c1-13-16(12-23-2)17(20-25-13)18(22)21-8-5-15(6-9-21)24-11-14-4-3-7-19-10-14/h3-4,7,10,15H,5-6,8-9,11-12H2,1-2H3. The second-order valence-electron chi connectivity index (χ2n) is 6.16. The van der Waals surface area contributed by atoms with Crippen LogP contribution in [0.5, 0.6) is 0 Å². The van der Waals surface area contributed by atoms with Gasteiger partial charge in [0.25, 0.3) is 5.91 Å². The van der Waals surface area contributed by atoms with Crippen LogP contribution in [0, 0.1) is 6.92 Å². The second-order valence-corrected chi connectivity index (χ2v) is 6.16. The summed E-state index contributed by atoms with van der Waals surface area (Å²) < 4.78 is 16.2. The average molecular weight is 345 g/mol. The van der Waals surface area contributed by atoms with Crippen LogP contribution in [0.3, 0.4) is 0 Å². The van der Waals surface area contributed by atoms with Crippen LogP contribution in [0.2, 0.25) is 0 Å². The van der Waals surface area contributed by atoms with E-state index in [0.29, 0.717) is 37.8 Å². The molecule has 0 atom stereocenters. The van der Waals surface area contributed by atoms with Gasteiger partial charge in [0.15, 0.2) is 5.69 Å². The zero-order chi connectivity index (χ0) is 17.6. The van der Waals surface area contributed by atoms with E-state index in [-0.39, 0.29) is 12.0 Å². The first kappa shape index (κ1) is 17.6. The molecule has 1 aliphatic rings. The van der Waals surface area contributed by atoms with Crippen molar-refractivity contribution in [1.82, 2.24) is 15.0 Å². The maximum atomic E-state index is 12.7. The van der Waals surface area contributed by atoms with Crippen molar-refractivity contribution in [2.45, 2.75) is 39.1 Å². The van der Waals surface area contributed by atoms with Crippen molar-refractivity contribution in [3.63, 3.8) is 0 Å². The van der Waals surface area contributed by atoms with E-state index < -0.39 is 0 Å². The molecule has 0 radical (unpaired) electrons. The highest BCUT2D eigenvalue weighted by Crippen LogP contribution is 2.21. The summed E-state index contributed by atoms with van der Waals surface area (Å²) in [7, 11) is 1.59. The number of carbonyl (C=O) groups excluding carboxylic acids is 1. The van der Waals surface area contributed by atoms with E-state index in [4.69, 9.17) is 14.0 Å². The van der Waals surface area contributed by atoms with E-state index in [2.05, 4.69) is 10.1 Å². The Bertz CT molecular complexity index is 694. The second kappa shape index (κ2) is 8.22. The van der Waals surface area contributed by atoms with Gasteiger partial charge in [-0.05, 0) is 31.4 Å². The number of methoxy groups -OCH3 is 1. The number of aromatic nitrogens is 2. The number of aryl methyl sites for hydroxylation is 1. The molecule has 1 saturated heterocycles. The minimum absolute atomic E-state index is 0.102. The van der Waals surface area contributed by atoms with Crippen molar-refractivity contribution in [1.29, 1.82) is 0 Å². The number of piperidine rings is 1. The molecule has 2 aromatic rings. The molecule has 0 bridgehead atoms. The highest BCUT2D eigenvalue weighted by Gasteiger charge is 2.28. The van der Waals surface area contributed by atoms with E-state index in [1.165, 1.54) is 0 Å². The van der Waals surface area contributed by atoms with Gasteiger partial charge in [0, 0.05) is 32.6 Å². The van der Waals surface area contributed by atoms with Crippen LogP contribution in [0.4, 0.5) is 0 Å². The van der Waals surface area contributed by atoms with Gasteiger partial charge in [0.2, 0.25) is 0 Å². The number of carbonyl (C=O) groups is 1. The average Bonchev–Trinajstić information content (AvgIpc) is 3.02. The molecule has 3 heterocycles. The van der Waals surface area contributed by atoms with Crippen molar-refractivity contribution in [2.75, 3.05) is 20.2 Å². The number of hydrogen-bond donors (Lipinski definition) is 0. The van der Waals surface area contributed by atoms with Gasteiger partial charge in [-0.25, -0.2) is 0 Å². The van der Waals surface area contributed by atoms with Gasteiger partial charge in [-0.3, -0.25) is 9.78 Å². The molecular weight excluding hydrogens is 322 g/mol. The number of pyridine rings is 1. The van der Waals surface area contributed by atoms with E-state index in [9.17, 15) is 4.79 Å². The Kier molecular flexibility index (Phi) is 5.78. The van der Waals surface area contributed by atoms with Gasteiger partial charge in [0.05, 0.1) is 24.9 Å². The van der Waals surface area contributed by atoms with Crippen LogP contribution in [0.25, 0.3) is 0 Å². The zero-order valence-electron chi connectivity index (χ0n) is 14.6. The quantitative estimate of drug-likeness (QED) is 0.800. The van der Waals surface area contributed by atoms with E-state index in [0.717, 1.165) is 24.0 Å². The molecule has 3 rings (SSSR count). The lowest BCUT2D eigenvalue weighted by molar-refractivity contribution is -0.000734. The number of likely N-dealkylation sites (tertiary alicyclic amines) is 1. The smallest absolute Gasteiger partial charge is 0.276 e. The number of ether oxygens (including phenoxy) is 2. The Morgan fingerprint density at radius 1 is 1.36 bits per heavy atom. The number of rotatable bonds is 6. The monoisotopic (exact) mass is 345 g/mol. The third-order valence-electron chi connectivity index (χ3n) is 4.41. The lowest BCUT2D eigenvalue weighted by Gasteiger charge is -2.31. The summed E-state index contributed by atoms with van der Waals surface area (Å²) in [6.45, 7) is 3.95. The summed E-state index contributed by atoms with van der Waals surface area (Å²) in [5, 5.41) is 3.92. The molecule has 1 aliphatic heterocycles. The van der Waals surface area contributed by atoms with Gasteiger partial charge < -0.3 is 18.9 Å². The molecule has 1 fully saturated rings. The number of nitrogens with zero attached hydrogens (tertiary/aromatic N) is 3. The van der Waals surface area contributed by atoms with Crippen molar-refractivity contribution in [2.24, 2.45) is 0 Å². The van der Waals surface area contributed by atoms with Crippen molar-refractivity contribution in [3.8, 4) is 0 Å². The predicted molar refractivity (Wildman–Crippen MR) is 89.9 cm³/mol. The Morgan fingerprint density at radius 3 is 2.84 bits per heavy atom. The van der Waals surface area contributed by atoms with Gasteiger partial charge in [0.1, 0.15) is 5.76 Å². The molecular formula is C18H23N3O4. The van der Waals surface area contributed by atoms with Crippen molar-refractivity contribution < 1.29 is 18.8 Å². The fourth-order valence-electron chi connectivity index (χ4n) is 2.95. The third-order valence-corrected chi connectivity index (χ3v) is 4.41. The fourth-order valence-corrected chi connectivity index (χ4v) is 2.95. The summed E-state index contributed by atoms with van der Waals surface area (Å²) in [4.78, 5) is 18.6. The van der Waals surface area contributed by atoms with Gasteiger partial charge in [-0.2, -0.15) is 0 Å². The fraction of sp³-hybridized carbons (Fsp3) is 0.500. The van der Waals surface area contributed by atoms with Crippen LogP contribution < -0.4 is 0 Å². The van der Waals surface area contributed by atoms with E-state index >= 15 is 0 Å². The molecule has 0 saturated carbocycles. The molecule has 7 heteroatoms. The van der Waals surface area contributed by atoms with E-state index in [1.54, 1.807) is 25.1 Å². The molecule has 0 N–H and O–H groups in total. The summed E-state index contributed by atoms with van der Waals surface area (Å²) in [5.74, 6) is 0.523. The first-order valence-corrected chi connectivity index (χ1v) is 8.43. The topological polar surface area (TPSA) is 77.7 Å². The lowest BCUT2D eigenvalue weighted by atomic mass is 10.1. The van der Waals surface area contributed by atoms with Crippen LogP contribution >= 0.6 is 0 Å². The van der Waals surface area contributed by atoms with Gasteiger partial charge in [-0.1, -0.05) is 11.2 Å². The van der Waals surface area contributed by atoms with Gasteiger partial charge >= 0.3 is 0 Å². The molecule has 2 aromatic heterocycles. The zero-order valence-corrected chi connectivity index (χ0v) is 14.6. The minimum Gasteiger partial charge on any atom is -0.380 e. The van der Waals surface area contributed by atoms with Crippen molar-refractivity contribution in [3.05, 3.63) is 47.1 Å². The minimum atomic E-state index is -0.102. The Labute approximate surface area is 146 Å². The summed E-state index contributed by atoms with van der Waals surface area (Å²) in [5.41, 5.74) is 2.14. The Balaban J connectivity index is 1.52. The summed E-state index contributed by atoms with van der Waals surface area (Å²) in [6, 6.07) is 3.90. The molecule has 0 unspecified atom stereocenters. The SMILES string of the molecule is COCc1c(C(=O)N2CCC(OCc3cccnc3)CC2)noc1C. The number of amides is 1. The molecule has 0 aliphatic carbocycles. The van der Waals surface area contributed by atoms with Crippen LogP contribution in [0.1, 0.15) is 40.2 Å². The molecule has 0 aromatic carbocycles. The first-order chi connectivity index (χ1) is 12.2. The molecule has 1 amide bonds. The molecule has 7 nitrogen and oxygen atoms in total. The third kappa shape index (κ3) is 4.24. The lowest BCUT2D eigenvalue weighted by Crippen LogP contribution is -2.41. The number of hydrogen-bond acceptors (Lipinski definition) is 6. The maximum absolute atomic E-state index is 12.7. The summed E-state index contributed by atoms with van der Waals surface area (Å²) in [6.07, 6.45) is 5.33. The van der Waals surface area contributed by atoms with E-state index in [1.807, 2.05) is 18.3 Å². The van der Waals surface area contributed by atoms with Crippen LogP contribution in [-0.2, 0) is 22.7 Å². The molecule has 25 heavy (non-hydrogen) atoms. The molecule has 134 valence electrons. The van der Waals surface area contributed by atoms with Crippen LogP contribution in [-0.4, -0.2) is 47.3 Å². The van der Waals surface area contributed by atoms with Crippen LogP contribution in [0.15, 0.2) is 29.0 Å².